The lowest BCUT2D eigenvalue weighted by Gasteiger charge is -2.25. The van der Waals surface area contributed by atoms with Crippen molar-refractivity contribution in [3.8, 4) is 6.01 Å². The summed E-state index contributed by atoms with van der Waals surface area (Å²) in [4.78, 5) is 63.2. The van der Waals surface area contributed by atoms with Crippen LogP contribution in [0.4, 0.5) is 30.8 Å². The van der Waals surface area contributed by atoms with E-state index in [9.17, 15) is 32.3 Å². The number of hydrogen-bond donors (Lipinski definition) is 4. The van der Waals surface area contributed by atoms with E-state index in [1.807, 2.05) is 36.4 Å². The molecule has 2 aliphatic rings. The number of carbonyl (C=O) groups excluding carboxylic acids is 4. The lowest BCUT2D eigenvalue weighted by atomic mass is 9.94. The topological polar surface area (TPSA) is 183 Å². The van der Waals surface area contributed by atoms with Crippen LogP contribution in [0.1, 0.15) is 65.3 Å². The fraction of sp³-hybridized carbons (Fsp3) is 0.359. The predicted molar refractivity (Wildman–Crippen MR) is 201 cm³/mol. The van der Waals surface area contributed by atoms with Crippen molar-refractivity contribution in [2.24, 2.45) is 0 Å². The van der Waals surface area contributed by atoms with Gasteiger partial charge in [-0.2, -0.15) is 28.1 Å². The SMILES string of the molecule is COC(=O)[C@H](CCNC(=O)C(=O)CCC1OCCc2ccccc21)NC(=O)c1ccc(Nc2nc(NC3(c4ccc(Cl)cc4)CC3)nc(OCC(F)(F)F)n2)cc1. The van der Waals surface area contributed by atoms with Gasteiger partial charge in [-0.3, -0.25) is 14.4 Å². The molecular weight excluding hydrogens is 771 g/mol. The molecule has 18 heteroatoms. The van der Waals surface area contributed by atoms with E-state index in [1.54, 1.807) is 12.1 Å². The van der Waals surface area contributed by atoms with E-state index in [4.69, 9.17) is 25.8 Å². The maximum absolute atomic E-state index is 13.1. The Kier molecular flexibility index (Phi) is 12.9. The third-order valence-corrected chi connectivity index (χ3v) is 9.62. The van der Waals surface area contributed by atoms with Crippen LogP contribution in [0.3, 0.4) is 0 Å². The number of rotatable bonds is 17. The number of Topliss-reactive ketones (excluding diaryl/α,β-unsaturated/α-hetero) is 1. The first kappa shape index (κ1) is 40.8. The highest BCUT2D eigenvalue weighted by Gasteiger charge is 2.45. The van der Waals surface area contributed by atoms with Gasteiger partial charge in [-0.15, -0.1) is 0 Å². The summed E-state index contributed by atoms with van der Waals surface area (Å²) in [7, 11) is 1.15. The lowest BCUT2D eigenvalue weighted by molar-refractivity contribution is -0.154. The average molecular weight is 810 g/mol. The maximum atomic E-state index is 13.1. The molecule has 1 aromatic heterocycles. The standard InChI is InChI=1S/C39H39ClF3N7O7/c1-55-34(54)29(16-20-44-33(53)30(51)14-15-31-28-5-3-2-4-23(28)17-21-56-31)46-32(52)24-6-12-27(13-7-24)45-35-47-36(49-37(48-35)57-22-39(41,42)43)50-38(18-19-38)25-8-10-26(40)11-9-25/h2-13,29,31H,14-22H2,1H3,(H,44,53)(H,46,52)(H2,45,47,48,49,50)/t29-,31?/m0/s1. The molecule has 1 aliphatic heterocycles. The summed E-state index contributed by atoms with van der Waals surface area (Å²) < 4.78 is 54.4. The van der Waals surface area contributed by atoms with Crippen molar-refractivity contribution in [3.63, 3.8) is 0 Å². The van der Waals surface area contributed by atoms with Crippen LogP contribution < -0.4 is 26.0 Å². The second kappa shape index (κ2) is 18.0. The number of alkyl halides is 3. The van der Waals surface area contributed by atoms with Gasteiger partial charge in [0, 0.05) is 29.2 Å². The number of methoxy groups -OCH3 is 1. The second-order valence-corrected chi connectivity index (χ2v) is 13.9. The molecule has 300 valence electrons. The Balaban J connectivity index is 1.04. The Morgan fingerprint density at radius 3 is 2.39 bits per heavy atom. The zero-order valence-electron chi connectivity index (χ0n) is 30.7. The van der Waals surface area contributed by atoms with Gasteiger partial charge in [0.25, 0.3) is 11.8 Å². The molecule has 6 rings (SSSR count). The maximum Gasteiger partial charge on any atom is 0.422 e. The molecule has 2 amide bonds. The number of carbonyl (C=O) groups is 4. The smallest absolute Gasteiger partial charge is 0.422 e. The van der Waals surface area contributed by atoms with Crippen LogP contribution in [0.5, 0.6) is 6.01 Å². The van der Waals surface area contributed by atoms with E-state index in [-0.39, 0.29) is 43.0 Å². The number of benzene rings is 3. The summed E-state index contributed by atoms with van der Waals surface area (Å²) >= 11 is 6.04. The molecule has 3 aromatic carbocycles. The molecule has 0 radical (unpaired) electrons. The summed E-state index contributed by atoms with van der Waals surface area (Å²) in [6.07, 6.45) is -2.47. The van der Waals surface area contributed by atoms with Gasteiger partial charge in [-0.25, -0.2) is 4.79 Å². The van der Waals surface area contributed by atoms with E-state index in [0.29, 0.717) is 36.6 Å². The molecule has 0 bridgehead atoms. The zero-order valence-corrected chi connectivity index (χ0v) is 31.4. The number of halogens is 4. The number of ketones is 1. The largest absolute Gasteiger partial charge is 0.467 e. The van der Waals surface area contributed by atoms with Gasteiger partial charge in [0.1, 0.15) is 6.04 Å². The Morgan fingerprint density at radius 2 is 1.68 bits per heavy atom. The van der Waals surface area contributed by atoms with Gasteiger partial charge < -0.3 is 35.5 Å². The van der Waals surface area contributed by atoms with Crippen molar-refractivity contribution in [2.45, 2.75) is 62.4 Å². The Morgan fingerprint density at radius 1 is 0.965 bits per heavy atom. The van der Waals surface area contributed by atoms with Crippen LogP contribution in [-0.4, -0.2) is 77.6 Å². The third kappa shape index (κ3) is 11.2. The zero-order chi connectivity index (χ0) is 40.6. The summed E-state index contributed by atoms with van der Waals surface area (Å²) in [6, 6.07) is 19.1. The molecule has 4 N–H and O–H groups in total. The first-order valence-corrected chi connectivity index (χ1v) is 18.4. The van der Waals surface area contributed by atoms with Crippen LogP contribution in [0.25, 0.3) is 0 Å². The van der Waals surface area contributed by atoms with E-state index in [1.165, 1.54) is 24.3 Å². The summed E-state index contributed by atoms with van der Waals surface area (Å²) in [5, 5.41) is 11.7. The quantitative estimate of drug-likeness (QED) is 0.0750. The molecule has 1 saturated carbocycles. The molecule has 1 fully saturated rings. The number of anilines is 3. The first-order chi connectivity index (χ1) is 27.3. The molecule has 2 atom stereocenters. The number of esters is 1. The number of ether oxygens (including phenoxy) is 3. The highest BCUT2D eigenvalue weighted by molar-refractivity contribution is 6.36. The Bertz CT molecular complexity index is 2080. The average Bonchev–Trinajstić information content (AvgIpc) is 3.98. The van der Waals surface area contributed by atoms with Crippen LogP contribution >= 0.6 is 11.6 Å². The number of hydrogen-bond acceptors (Lipinski definition) is 12. The van der Waals surface area contributed by atoms with Crippen LogP contribution in [-0.2, 0) is 35.8 Å². The predicted octanol–water partition coefficient (Wildman–Crippen LogP) is 5.75. The van der Waals surface area contributed by atoms with E-state index >= 15 is 0 Å². The van der Waals surface area contributed by atoms with Gasteiger partial charge in [0.05, 0.1) is 25.4 Å². The third-order valence-electron chi connectivity index (χ3n) is 9.37. The Hall–Kier alpha value is -5.81. The highest BCUT2D eigenvalue weighted by Crippen LogP contribution is 2.48. The van der Waals surface area contributed by atoms with Gasteiger partial charge in [0.2, 0.25) is 17.7 Å². The van der Waals surface area contributed by atoms with Crippen molar-refractivity contribution in [1.82, 2.24) is 25.6 Å². The van der Waals surface area contributed by atoms with E-state index < -0.39 is 53.9 Å². The number of fused-ring (bicyclic) bond motifs is 1. The van der Waals surface area contributed by atoms with Gasteiger partial charge in [-0.1, -0.05) is 48.0 Å². The number of nitrogens with one attached hydrogen (secondary N) is 4. The first-order valence-electron chi connectivity index (χ1n) is 18.1. The molecule has 0 saturated heterocycles. The van der Waals surface area contributed by atoms with Gasteiger partial charge in [-0.05, 0) is 85.2 Å². The fourth-order valence-corrected chi connectivity index (χ4v) is 6.39. The number of nitrogens with zero attached hydrogens (tertiary/aromatic N) is 3. The highest BCUT2D eigenvalue weighted by atomic mass is 35.5. The second-order valence-electron chi connectivity index (χ2n) is 13.4. The molecule has 4 aromatic rings. The van der Waals surface area contributed by atoms with E-state index in [2.05, 4.69) is 36.2 Å². The minimum absolute atomic E-state index is 0.0252. The fourth-order valence-electron chi connectivity index (χ4n) is 6.26. The summed E-state index contributed by atoms with van der Waals surface area (Å²) in [5.74, 6) is -3.00. The van der Waals surface area contributed by atoms with Crippen molar-refractivity contribution in [3.05, 3.63) is 100 Å². The molecule has 1 aliphatic carbocycles. The molecule has 2 heterocycles. The van der Waals surface area contributed by atoms with Crippen LogP contribution in [0.15, 0.2) is 72.8 Å². The number of amides is 2. The minimum atomic E-state index is -4.64. The summed E-state index contributed by atoms with van der Waals surface area (Å²) in [5.41, 5.74) is 3.01. The molecule has 14 nitrogen and oxygen atoms in total. The Labute approximate surface area is 330 Å². The van der Waals surface area contributed by atoms with Gasteiger partial charge in [0.15, 0.2) is 6.61 Å². The van der Waals surface area contributed by atoms with E-state index in [0.717, 1.165) is 30.2 Å². The summed E-state index contributed by atoms with van der Waals surface area (Å²) in [6.45, 7) is -1.19. The minimum Gasteiger partial charge on any atom is -0.467 e. The molecule has 57 heavy (non-hydrogen) atoms. The molecular formula is C39H39ClF3N7O7. The van der Waals surface area contributed by atoms with Crippen molar-refractivity contribution >= 4 is 52.8 Å². The van der Waals surface area contributed by atoms with Crippen molar-refractivity contribution in [2.75, 3.05) is 37.5 Å². The molecule has 0 spiro atoms. The monoisotopic (exact) mass is 809 g/mol. The normalized spacial score (nSPS) is 16.0. The number of aromatic nitrogens is 3. The van der Waals surface area contributed by atoms with Gasteiger partial charge >= 0.3 is 18.2 Å². The van der Waals surface area contributed by atoms with Crippen molar-refractivity contribution < 1.29 is 46.6 Å². The lowest BCUT2D eigenvalue weighted by Crippen LogP contribution is -2.44. The van der Waals surface area contributed by atoms with Crippen LogP contribution in [0.2, 0.25) is 5.02 Å². The van der Waals surface area contributed by atoms with Crippen LogP contribution in [0, 0.1) is 0 Å². The van der Waals surface area contributed by atoms with Crippen molar-refractivity contribution in [1.29, 1.82) is 0 Å². The molecule has 1 unspecified atom stereocenters.